The molecule has 0 bridgehead atoms. The van der Waals surface area contributed by atoms with Crippen LogP contribution in [0.25, 0.3) is 0 Å². The van der Waals surface area contributed by atoms with Gasteiger partial charge in [0.25, 0.3) is 0 Å². The molecule has 3 heteroatoms. The fraction of sp³-hybridized carbons (Fsp3) is 0.600. The van der Waals surface area contributed by atoms with Crippen LogP contribution in [0.4, 0.5) is 0 Å². The van der Waals surface area contributed by atoms with Gasteiger partial charge in [-0.05, 0) is 55.9 Å². The Morgan fingerprint density at radius 2 is 2.00 bits per heavy atom. The van der Waals surface area contributed by atoms with E-state index in [1.54, 1.807) is 0 Å². The molecule has 0 aromatic heterocycles. The Labute approximate surface area is 109 Å². The first kappa shape index (κ1) is 13.4. The highest BCUT2D eigenvalue weighted by molar-refractivity contribution is 5.37. The molecule has 0 heterocycles. The Hall–Kier alpha value is -1.06. The Morgan fingerprint density at radius 3 is 2.72 bits per heavy atom. The molecule has 18 heavy (non-hydrogen) atoms. The molecule has 0 amide bonds. The second kappa shape index (κ2) is 6.76. The quantitative estimate of drug-likeness (QED) is 0.841. The highest BCUT2D eigenvalue weighted by Gasteiger charge is 2.11. The SMILES string of the molecule is CCOC(CN)COc1ccc2c(c1)CCCC2. The van der Waals surface area contributed by atoms with Crippen LogP contribution in [-0.2, 0) is 17.6 Å². The van der Waals surface area contributed by atoms with E-state index in [1.165, 1.54) is 36.8 Å². The van der Waals surface area contributed by atoms with Crippen molar-refractivity contribution in [3.63, 3.8) is 0 Å². The first-order chi connectivity index (χ1) is 8.83. The molecule has 1 atom stereocenters. The van der Waals surface area contributed by atoms with Crippen molar-refractivity contribution in [3.8, 4) is 5.75 Å². The van der Waals surface area contributed by atoms with Crippen LogP contribution in [0.15, 0.2) is 18.2 Å². The van der Waals surface area contributed by atoms with E-state index >= 15 is 0 Å². The van der Waals surface area contributed by atoms with Crippen molar-refractivity contribution in [3.05, 3.63) is 29.3 Å². The lowest BCUT2D eigenvalue weighted by atomic mass is 9.92. The minimum Gasteiger partial charge on any atom is -0.491 e. The number of rotatable bonds is 6. The fourth-order valence-corrected chi connectivity index (χ4v) is 2.41. The molecule has 1 unspecified atom stereocenters. The second-order valence-electron chi connectivity index (χ2n) is 4.76. The molecule has 1 aromatic carbocycles. The maximum absolute atomic E-state index is 5.77. The van der Waals surface area contributed by atoms with Crippen LogP contribution in [0.5, 0.6) is 5.75 Å². The summed E-state index contributed by atoms with van der Waals surface area (Å²) in [5.41, 5.74) is 8.55. The number of benzene rings is 1. The summed E-state index contributed by atoms with van der Waals surface area (Å²) in [6.07, 6.45) is 4.98. The molecule has 0 saturated carbocycles. The Kier molecular flexibility index (Phi) is 5.02. The predicted molar refractivity (Wildman–Crippen MR) is 73.0 cm³/mol. The van der Waals surface area contributed by atoms with Crippen LogP contribution in [0.1, 0.15) is 30.9 Å². The van der Waals surface area contributed by atoms with Gasteiger partial charge in [0.1, 0.15) is 18.5 Å². The average molecular weight is 249 g/mol. The summed E-state index contributed by atoms with van der Waals surface area (Å²) in [6, 6.07) is 6.43. The third kappa shape index (κ3) is 3.47. The first-order valence-electron chi connectivity index (χ1n) is 6.89. The van der Waals surface area contributed by atoms with Gasteiger partial charge in [-0.25, -0.2) is 0 Å². The van der Waals surface area contributed by atoms with Crippen LogP contribution in [-0.4, -0.2) is 25.9 Å². The maximum atomic E-state index is 5.77. The number of fused-ring (bicyclic) bond motifs is 1. The summed E-state index contributed by atoms with van der Waals surface area (Å²) in [7, 11) is 0. The summed E-state index contributed by atoms with van der Waals surface area (Å²) < 4.78 is 11.2. The van der Waals surface area contributed by atoms with Crippen molar-refractivity contribution in [1.82, 2.24) is 0 Å². The van der Waals surface area contributed by atoms with E-state index in [0.717, 1.165) is 5.75 Å². The standard InChI is InChI=1S/C15H23NO2/c1-2-17-15(10-16)11-18-14-8-7-12-5-3-4-6-13(12)9-14/h7-9,15H,2-6,10-11,16H2,1H3. The second-order valence-corrected chi connectivity index (χ2v) is 4.76. The zero-order valence-corrected chi connectivity index (χ0v) is 11.2. The Morgan fingerprint density at radius 1 is 1.22 bits per heavy atom. The summed E-state index contributed by atoms with van der Waals surface area (Å²) in [5, 5.41) is 0. The molecule has 1 aliphatic carbocycles. The normalized spacial score (nSPS) is 16.1. The van der Waals surface area contributed by atoms with Gasteiger partial charge in [-0.3, -0.25) is 0 Å². The van der Waals surface area contributed by atoms with Crippen molar-refractivity contribution in [2.75, 3.05) is 19.8 Å². The van der Waals surface area contributed by atoms with Crippen molar-refractivity contribution in [2.24, 2.45) is 5.73 Å². The molecule has 1 aliphatic rings. The minimum atomic E-state index is -0.00830. The number of aryl methyl sites for hydroxylation is 2. The highest BCUT2D eigenvalue weighted by Crippen LogP contribution is 2.25. The van der Waals surface area contributed by atoms with Gasteiger partial charge in [-0.1, -0.05) is 6.07 Å². The molecular formula is C15H23NO2. The molecule has 0 spiro atoms. The van der Waals surface area contributed by atoms with E-state index in [4.69, 9.17) is 15.2 Å². The molecular weight excluding hydrogens is 226 g/mol. The molecule has 0 aliphatic heterocycles. The van der Waals surface area contributed by atoms with Crippen molar-refractivity contribution in [1.29, 1.82) is 0 Å². The summed E-state index contributed by atoms with van der Waals surface area (Å²) in [6.45, 7) is 3.68. The van der Waals surface area contributed by atoms with Gasteiger partial charge >= 0.3 is 0 Å². The molecule has 0 fully saturated rings. The Bertz CT molecular complexity index is 379. The van der Waals surface area contributed by atoms with Crippen LogP contribution in [0, 0.1) is 0 Å². The largest absolute Gasteiger partial charge is 0.491 e. The van der Waals surface area contributed by atoms with E-state index in [1.807, 2.05) is 6.92 Å². The molecule has 2 N–H and O–H groups in total. The van der Waals surface area contributed by atoms with Crippen LogP contribution in [0.3, 0.4) is 0 Å². The highest BCUT2D eigenvalue weighted by atomic mass is 16.5. The lowest BCUT2D eigenvalue weighted by Crippen LogP contribution is -2.30. The maximum Gasteiger partial charge on any atom is 0.119 e. The summed E-state index contributed by atoms with van der Waals surface area (Å²) in [4.78, 5) is 0. The van der Waals surface area contributed by atoms with Gasteiger partial charge in [0.05, 0.1) is 0 Å². The van der Waals surface area contributed by atoms with Gasteiger partial charge in [0.15, 0.2) is 0 Å². The molecule has 100 valence electrons. The smallest absolute Gasteiger partial charge is 0.119 e. The van der Waals surface area contributed by atoms with Gasteiger partial charge in [0, 0.05) is 13.2 Å². The zero-order valence-electron chi connectivity index (χ0n) is 11.2. The molecule has 3 nitrogen and oxygen atoms in total. The summed E-state index contributed by atoms with van der Waals surface area (Å²) in [5.74, 6) is 0.939. The van der Waals surface area contributed by atoms with Gasteiger partial charge in [0.2, 0.25) is 0 Å². The van der Waals surface area contributed by atoms with Crippen LogP contribution < -0.4 is 10.5 Å². The average Bonchev–Trinajstić information content (AvgIpc) is 2.43. The van der Waals surface area contributed by atoms with Crippen LogP contribution in [0.2, 0.25) is 0 Å². The topological polar surface area (TPSA) is 44.5 Å². The van der Waals surface area contributed by atoms with Crippen LogP contribution >= 0.6 is 0 Å². The molecule has 0 saturated heterocycles. The third-order valence-electron chi connectivity index (χ3n) is 3.42. The number of hydrogen-bond donors (Lipinski definition) is 1. The van der Waals surface area contributed by atoms with E-state index in [2.05, 4.69) is 18.2 Å². The molecule has 2 rings (SSSR count). The van der Waals surface area contributed by atoms with Crippen molar-refractivity contribution < 1.29 is 9.47 Å². The number of hydrogen-bond acceptors (Lipinski definition) is 3. The number of ether oxygens (including phenoxy) is 2. The van der Waals surface area contributed by atoms with Gasteiger partial charge in [-0.2, -0.15) is 0 Å². The van der Waals surface area contributed by atoms with Crippen molar-refractivity contribution >= 4 is 0 Å². The Balaban J connectivity index is 1.93. The van der Waals surface area contributed by atoms with E-state index < -0.39 is 0 Å². The third-order valence-corrected chi connectivity index (χ3v) is 3.42. The monoisotopic (exact) mass is 249 g/mol. The summed E-state index contributed by atoms with van der Waals surface area (Å²) >= 11 is 0. The van der Waals surface area contributed by atoms with Crippen molar-refractivity contribution in [2.45, 2.75) is 38.7 Å². The van der Waals surface area contributed by atoms with Gasteiger partial charge < -0.3 is 15.2 Å². The van der Waals surface area contributed by atoms with Gasteiger partial charge in [-0.15, -0.1) is 0 Å². The fourth-order valence-electron chi connectivity index (χ4n) is 2.41. The first-order valence-corrected chi connectivity index (χ1v) is 6.89. The van der Waals surface area contributed by atoms with E-state index in [0.29, 0.717) is 19.8 Å². The minimum absolute atomic E-state index is 0.00830. The lowest BCUT2D eigenvalue weighted by molar-refractivity contribution is 0.0336. The lowest BCUT2D eigenvalue weighted by Gasteiger charge is -2.19. The van der Waals surface area contributed by atoms with E-state index in [9.17, 15) is 0 Å². The number of nitrogens with two attached hydrogens (primary N) is 1. The molecule has 1 aromatic rings. The predicted octanol–water partition coefficient (Wildman–Crippen LogP) is 2.31. The van der Waals surface area contributed by atoms with E-state index in [-0.39, 0.29) is 6.10 Å². The molecule has 0 radical (unpaired) electrons. The zero-order chi connectivity index (χ0) is 12.8.